The number of pyridine rings is 1. The standard InChI is InChI=1S/C14H16ClNO/c15-13-10-16-9-8-12(13)14(17)11-6-4-2-1-3-5-7-11/h6,8-10H,1-5,7H2/b11-6+. The summed E-state index contributed by atoms with van der Waals surface area (Å²) < 4.78 is 0. The van der Waals surface area contributed by atoms with Gasteiger partial charge in [0.1, 0.15) is 0 Å². The molecule has 17 heavy (non-hydrogen) atoms. The van der Waals surface area contributed by atoms with Crippen LogP contribution in [0.5, 0.6) is 0 Å². The second kappa shape index (κ2) is 5.97. The van der Waals surface area contributed by atoms with Crippen LogP contribution in [0.25, 0.3) is 0 Å². The Bertz CT molecular complexity index is 440. The van der Waals surface area contributed by atoms with Gasteiger partial charge in [0.05, 0.1) is 5.02 Å². The molecule has 2 rings (SSSR count). The van der Waals surface area contributed by atoms with Gasteiger partial charge < -0.3 is 0 Å². The Hall–Kier alpha value is -1.15. The molecule has 1 heterocycles. The Morgan fingerprint density at radius 3 is 2.88 bits per heavy atom. The van der Waals surface area contributed by atoms with E-state index >= 15 is 0 Å². The van der Waals surface area contributed by atoms with Crippen molar-refractivity contribution in [3.05, 3.63) is 40.7 Å². The molecule has 0 aromatic carbocycles. The maximum absolute atomic E-state index is 12.3. The normalized spacial score (nSPS) is 19.9. The maximum atomic E-state index is 12.3. The van der Waals surface area contributed by atoms with Crippen molar-refractivity contribution in [1.29, 1.82) is 0 Å². The van der Waals surface area contributed by atoms with Crippen molar-refractivity contribution < 1.29 is 4.79 Å². The molecule has 0 fully saturated rings. The van der Waals surface area contributed by atoms with Gasteiger partial charge in [-0.1, -0.05) is 30.5 Å². The molecule has 0 atom stereocenters. The number of aromatic nitrogens is 1. The molecule has 1 aromatic rings. The topological polar surface area (TPSA) is 30.0 Å². The van der Waals surface area contributed by atoms with Crippen molar-refractivity contribution in [2.75, 3.05) is 0 Å². The minimum absolute atomic E-state index is 0.0688. The van der Waals surface area contributed by atoms with E-state index in [4.69, 9.17) is 11.6 Å². The van der Waals surface area contributed by atoms with Gasteiger partial charge in [-0.3, -0.25) is 9.78 Å². The smallest absolute Gasteiger partial charge is 0.190 e. The summed E-state index contributed by atoms with van der Waals surface area (Å²) in [4.78, 5) is 16.2. The Balaban J connectivity index is 2.21. The van der Waals surface area contributed by atoms with Crippen molar-refractivity contribution in [2.24, 2.45) is 0 Å². The molecule has 0 saturated heterocycles. The molecule has 1 aromatic heterocycles. The van der Waals surface area contributed by atoms with Crippen LogP contribution in [0.2, 0.25) is 5.02 Å². The van der Waals surface area contributed by atoms with Gasteiger partial charge >= 0.3 is 0 Å². The number of carbonyl (C=O) groups excluding carboxylic acids is 1. The van der Waals surface area contributed by atoms with Gasteiger partial charge in [-0.25, -0.2) is 0 Å². The summed E-state index contributed by atoms with van der Waals surface area (Å²) in [6.45, 7) is 0. The first-order valence-corrected chi connectivity index (χ1v) is 6.50. The van der Waals surface area contributed by atoms with Crippen molar-refractivity contribution in [1.82, 2.24) is 4.98 Å². The van der Waals surface area contributed by atoms with Crippen molar-refractivity contribution in [2.45, 2.75) is 38.5 Å². The first-order chi connectivity index (χ1) is 8.29. The van der Waals surface area contributed by atoms with Crippen LogP contribution in [0.3, 0.4) is 0 Å². The zero-order valence-corrected chi connectivity index (χ0v) is 10.5. The summed E-state index contributed by atoms with van der Waals surface area (Å²) in [7, 11) is 0. The largest absolute Gasteiger partial charge is 0.289 e. The quantitative estimate of drug-likeness (QED) is 0.736. The van der Waals surface area contributed by atoms with E-state index in [-0.39, 0.29) is 5.78 Å². The summed E-state index contributed by atoms with van der Waals surface area (Å²) in [5.74, 6) is 0.0688. The van der Waals surface area contributed by atoms with Crippen LogP contribution in [0.4, 0.5) is 0 Å². The number of hydrogen-bond donors (Lipinski definition) is 0. The zero-order chi connectivity index (χ0) is 12.1. The highest BCUT2D eigenvalue weighted by Gasteiger charge is 2.15. The van der Waals surface area contributed by atoms with Crippen LogP contribution in [-0.2, 0) is 0 Å². The molecule has 0 unspecified atom stereocenters. The van der Waals surface area contributed by atoms with Gasteiger partial charge in [-0.05, 0) is 37.3 Å². The van der Waals surface area contributed by atoms with E-state index in [9.17, 15) is 4.79 Å². The van der Waals surface area contributed by atoms with E-state index in [1.165, 1.54) is 25.5 Å². The van der Waals surface area contributed by atoms with Crippen LogP contribution >= 0.6 is 11.6 Å². The highest BCUT2D eigenvalue weighted by molar-refractivity contribution is 6.34. The molecule has 0 saturated carbocycles. The minimum atomic E-state index is 0.0688. The summed E-state index contributed by atoms with van der Waals surface area (Å²) in [5.41, 5.74) is 1.49. The fourth-order valence-corrected chi connectivity index (χ4v) is 2.34. The number of nitrogens with zero attached hydrogens (tertiary/aromatic N) is 1. The van der Waals surface area contributed by atoms with Crippen LogP contribution in [0.15, 0.2) is 30.1 Å². The van der Waals surface area contributed by atoms with Gasteiger partial charge in [0.2, 0.25) is 0 Å². The SMILES string of the molecule is O=C(/C1=C/CCCCCC1)c1ccncc1Cl. The number of allylic oxidation sites excluding steroid dienone is 2. The number of carbonyl (C=O) groups is 1. The number of Topliss-reactive ketones (excluding diaryl/α,β-unsaturated/α-hetero) is 1. The van der Waals surface area contributed by atoms with E-state index in [1.807, 2.05) is 0 Å². The summed E-state index contributed by atoms with van der Waals surface area (Å²) in [6, 6.07) is 1.70. The molecule has 90 valence electrons. The van der Waals surface area contributed by atoms with E-state index < -0.39 is 0 Å². The van der Waals surface area contributed by atoms with Gasteiger partial charge in [0.15, 0.2) is 5.78 Å². The molecule has 3 heteroatoms. The second-order valence-electron chi connectivity index (χ2n) is 4.37. The molecule has 0 radical (unpaired) electrons. The van der Waals surface area contributed by atoms with Crippen molar-refractivity contribution >= 4 is 17.4 Å². The highest BCUT2D eigenvalue weighted by atomic mass is 35.5. The van der Waals surface area contributed by atoms with Gasteiger partial charge in [-0.15, -0.1) is 0 Å². The summed E-state index contributed by atoms with van der Waals surface area (Å²) >= 11 is 6.00. The third-order valence-electron chi connectivity index (χ3n) is 3.10. The maximum Gasteiger partial charge on any atom is 0.190 e. The number of halogens is 1. The van der Waals surface area contributed by atoms with Gasteiger partial charge in [0.25, 0.3) is 0 Å². The second-order valence-corrected chi connectivity index (χ2v) is 4.77. The Kier molecular flexibility index (Phi) is 4.32. The van der Waals surface area contributed by atoms with E-state index in [0.29, 0.717) is 10.6 Å². The molecular formula is C14H16ClNO. The summed E-state index contributed by atoms with van der Waals surface area (Å²) in [5, 5.41) is 0.445. The predicted octanol–water partition coefficient (Wildman–Crippen LogP) is 4.20. The molecular weight excluding hydrogens is 234 g/mol. The van der Waals surface area contributed by atoms with E-state index in [0.717, 1.165) is 24.8 Å². The molecule has 1 aliphatic rings. The fourth-order valence-electron chi connectivity index (χ4n) is 2.13. The van der Waals surface area contributed by atoms with Crippen LogP contribution in [-0.4, -0.2) is 10.8 Å². The average Bonchev–Trinajstić information content (AvgIpc) is 2.28. The first-order valence-electron chi connectivity index (χ1n) is 6.12. The molecule has 0 aliphatic heterocycles. The zero-order valence-electron chi connectivity index (χ0n) is 9.79. The highest BCUT2D eigenvalue weighted by Crippen LogP contribution is 2.23. The summed E-state index contributed by atoms with van der Waals surface area (Å²) in [6.07, 6.45) is 11.9. The third kappa shape index (κ3) is 3.16. The lowest BCUT2D eigenvalue weighted by Crippen LogP contribution is -2.06. The fraction of sp³-hybridized carbons (Fsp3) is 0.429. The Morgan fingerprint density at radius 1 is 1.24 bits per heavy atom. The van der Waals surface area contributed by atoms with Crippen LogP contribution < -0.4 is 0 Å². The van der Waals surface area contributed by atoms with E-state index in [2.05, 4.69) is 11.1 Å². The van der Waals surface area contributed by atoms with Gasteiger partial charge in [0, 0.05) is 18.0 Å². The Morgan fingerprint density at radius 2 is 2.06 bits per heavy atom. The molecule has 0 spiro atoms. The monoisotopic (exact) mass is 249 g/mol. The molecule has 0 bridgehead atoms. The Labute approximate surface area is 107 Å². The van der Waals surface area contributed by atoms with Crippen LogP contribution in [0, 0.1) is 0 Å². The lowest BCUT2D eigenvalue weighted by Gasteiger charge is -2.11. The predicted molar refractivity (Wildman–Crippen MR) is 69.4 cm³/mol. The number of hydrogen-bond acceptors (Lipinski definition) is 2. The number of ketones is 1. The van der Waals surface area contributed by atoms with Crippen LogP contribution in [0.1, 0.15) is 48.9 Å². The lowest BCUT2D eigenvalue weighted by atomic mass is 9.94. The first kappa shape index (κ1) is 12.3. The van der Waals surface area contributed by atoms with Gasteiger partial charge in [-0.2, -0.15) is 0 Å². The van der Waals surface area contributed by atoms with Crippen molar-refractivity contribution in [3.8, 4) is 0 Å². The average molecular weight is 250 g/mol. The van der Waals surface area contributed by atoms with Crippen molar-refractivity contribution in [3.63, 3.8) is 0 Å². The lowest BCUT2D eigenvalue weighted by molar-refractivity contribution is 0.102. The number of rotatable bonds is 2. The van der Waals surface area contributed by atoms with E-state index in [1.54, 1.807) is 12.3 Å². The minimum Gasteiger partial charge on any atom is -0.289 e. The molecule has 0 amide bonds. The molecule has 1 aliphatic carbocycles. The molecule has 0 N–H and O–H groups in total. The molecule has 2 nitrogen and oxygen atoms in total. The third-order valence-corrected chi connectivity index (χ3v) is 3.40.